The van der Waals surface area contributed by atoms with Gasteiger partial charge in [-0.05, 0) is 47.2 Å². The van der Waals surface area contributed by atoms with Crippen LogP contribution in [-0.4, -0.2) is 4.98 Å². The molecule has 1 atom stereocenters. The average Bonchev–Trinajstić information content (AvgIpc) is 2.50. The minimum Gasteiger partial charge on any atom is -0.271 e. The summed E-state index contributed by atoms with van der Waals surface area (Å²) in [5, 5.41) is 2.28. The van der Waals surface area contributed by atoms with Gasteiger partial charge in [-0.3, -0.25) is 10.8 Å². The van der Waals surface area contributed by atoms with Gasteiger partial charge in [-0.1, -0.05) is 40.2 Å². The van der Waals surface area contributed by atoms with Gasteiger partial charge in [-0.25, -0.2) is 5.43 Å². The highest BCUT2D eigenvalue weighted by Gasteiger charge is 2.17. The Morgan fingerprint density at radius 3 is 2.76 bits per heavy atom. The maximum atomic E-state index is 5.86. The van der Waals surface area contributed by atoms with Crippen LogP contribution in [0.5, 0.6) is 0 Å². The molecule has 21 heavy (non-hydrogen) atoms. The molecule has 3 nitrogen and oxygen atoms in total. The summed E-state index contributed by atoms with van der Waals surface area (Å²) < 4.78 is 1.07. The lowest BCUT2D eigenvalue weighted by atomic mass is 9.92. The van der Waals surface area contributed by atoms with Crippen molar-refractivity contribution in [2.24, 2.45) is 5.84 Å². The summed E-state index contributed by atoms with van der Waals surface area (Å²) in [6.45, 7) is 2.09. The van der Waals surface area contributed by atoms with Crippen molar-refractivity contribution in [3.05, 3.63) is 76.0 Å². The summed E-state index contributed by atoms with van der Waals surface area (Å²) >= 11 is 3.50. The molecule has 2 aromatic carbocycles. The lowest BCUT2D eigenvalue weighted by molar-refractivity contribution is 0.637. The molecule has 3 N–H and O–H groups in total. The molecule has 1 unspecified atom stereocenters. The van der Waals surface area contributed by atoms with Gasteiger partial charge in [0.15, 0.2) is 0 Å². The number of halogens is 1. The maximum Gasteiger partial charge on any atom is 0.0718 e. The van der Waals surface area contributed by atoms with Gasteiger partial charge < -0.3 is 0 Å². The second-order valence-electron chi connectivity index (χ2n) is 5.04. The molecule has 0 aliphatic heterocycles. The van der Waals surface area contributed by atoms with Crippen LogP contribution in [0.4, 0.5) is 0 Å². The molecule has 3 aromatic rings. The van der Waals surface area contributed by atoms with E-state index < -0.39 is 0 Å². The third-order valence-corrected chi connectivity index (χ3v) is 4.23. The smallest absolute Gasteiger partial charge is 0.0718 e. The Hall–Kier alpha value is -1.75. The van der Waals surface area contributed by atoms with Crippen LogP contribution in [-0.2, 0) is 0 Å². The van der Waals surface area contributed by atoms with Crippen LogP contribution in [0.25, 0.3) is 10.8 Å². The van der Waals surface area contributed by atoms with Crippen molar-refractivity contribution in [1.29, 1.82) is 0 Å². The van der Waals surface area contributed by atoms with Crippen molar-refractivity contribution in [3.63, 3.8) is 0 Å². The monoisotopic (exact) mass is 341 g/mol. The van der Waals surface area contributed by atoms with E-state index in [1.807, 2.05) is 30.6 Å². The number of fused-ring (bicyclic) bond motifs is 1. The predicted molar refractivity (Wildman–Crippen MR) is 89.8 cm³/mol. The van der Waals surface area contributed by atoms with E-state index in [0.717, 1.165) is 20.8 Å². The highest BCUT2D eigenvalue weighted by atomic mass is 79.9. The van der Waals surface area contributed by atoms with Crippen LogP contribution >= 0.6 is 15.9 Å². The van der Waals surface area contributed by atoms with E-state index in [2.05, 4.69) is 57.5 Å². The molecule has 0 aliphatic rings. The first-order chi connectivity index (χ1) is 10.2. The number of nitrogens with two attached hydrogens (primary N) is 1. The van der Waals surface area contributed by atoms with Crippen molar-refractivity contribution >= 4 is 26.7 Å². The number of hydrogen-bond donors (Lipinski definition) is 2. The van der Waals surface area contributed by atoms with Crippen LogP contribution in [0.1, 0.15) is 22.7 Å². The van der Waals surface area contributed by atoms with Crippen molar-refractivity contribution in [2.45, 2.75) is 13.0 Å². The van der Waals surface area contributed by atoms with E-state index in [-0.39, 0.29) is 6.04 Å². The number of nitrogens with zero attached hydrogens (tertiary/aromatic N) is 1. The Bertz CT molecular complexity index is 781. The number of aromatic nitrogens is 1. The first-order valence-electron chi connectivity index (χ1n) is 6.75. The molecule has 1 aromatic heterocycles. The Labute approximate surface area is 132 Å². The molecule has 0 bridgehead atoms. The molecule has 106 valence electrons. The first-order valence-corrected chi connectivity index (χ1v) is 7.55. The predicted octanol–water partition coefficient (Wildman–Crippen LogP) is 3.86. The zero-order chi connectivity index (χ0) is 14.8. The molecule has 0 fully saturated rings. The Balaban J connectivity index is 2.18. The highest BCUT2D eigenvalue weighted by molar-refractivity contribution is 9.10. The van der Waals surface area contributed by atoms with Crippen LogP contribution in [0, 0.1) is 6.92 Å². The number of hydrazine groups is 1. The molecule has 0 radical (unpaired) electrons. The van der Waals surface area contributed by atoms with Crippen molar-refractivity contribution in [2.75, 3.05) is 0 Å². The molecule has 0 amide bonds. The number of hydrogen-bond acceptors (Lipinski definition) is 3. The summed E-state index contributed by atoms with van der Waals surface area (Å²) in [6, 6.07) is 14.4. The molecule has 0 aliphatic carbocycles. The molecule has 0 saturated heterocycles. The summed E-state index contributed by atoms with van der Waals surface area (Å²) in [6.07, 6.45) is 3.69. The minimum atomic E-state index is -0.0517. The second kappa shape index (κ2) is 5.93. The van der Waals surface area contributed by atoms with Gasteiger partial charge >= 0.3 is 0 Å². The fourth-order valence-corrected chi connectivity index (χ4v) is 3.18. The SMILES string of the molecule is Cc1cc(Br)ccc1C(NN)c1cccc2cnccc12. The average molecular weight is 342 g/mol. The quantitative estimate of drug-likeness (QED) is 0.561. The van der Waals surface area contributed by atoms with E-state index in [1.54, 1.807) is 0 Å². The maximum absolute atomic E-state index is 5.86. The Morgan fingerprint density at radius 2 is 2.00 bits per heavy atom. The van der Waals surface area contributed by atoms with Gasteiger partial charge in [-0.15, -0.1) is 0 Å². The standard InChI is InChI=1S/C17H16BrN3/c1-11-9-13(18)5-6-14(11)17(21-19)16-4-2-3-12-10-20-8-7-15(12)16/h2-10,17,21H,19H2,1H3. The lowest BCUT2D eigenvalue weighted by Gasteiger charge is -2.21. The van der Waals surface area contributed by atoms with Crippen LogP contribution in [0.2, 0.25) is 0 Å². The van der Waals surface area contributed by atoms with Gasteiger partial charge in [0.05, 0.1) is 6.04 Å². The molecule has 0 spiro atoms. The summed E-state index contributed by atoms with van der Waals surface area (Å²) in [7, 11) is 0. The Kier molecular flexibility index (Phi) is 4.01. The molecule has 3 rings (SSSR count). The van der Waals surface area contributed by atoms with E-state index in [1.165, 1.54) is 11.1 Å². The van der Waals surface area contributed by atoms with E-state index in [9.17, 15) is 0 Å². The second-order valence-corrected chi connectivity index (χ2v) is 5.96. The summed E-state index contributed by atoms with van der Waals surface area (Å²) in [5.74, 6) is 5.86. The van der Waals surface area contributed by atoms with Crippen molar-refractivity contribution in [3.8, 4) is 0 Å². The molecular weight excluding hydrogens is 326 g/mol. The minimum absolute atomic E-state index is 0.0517. The van der Waals surface area contributed by atoms with Crippen molar-refractivity contribution < 1.29 is 0 Å². The van der Waals surface area contributed by atoms with Gasteiger partial charge in [-0.2, -0.15) is 0 Å². The fourth-order valence-electron chi connectivity index (χ4n) is 2.71. The number of aryl methyl sites for hydroxylation is 1. The normalized spacial score (nSPS) is 12.5. The fraction of sp³-hybridized carbons (Fsp3) is 0.118. The first kappa shape index (κ1) is 14.2. The molecule has 1 heterocycles. The molecular formula is C17H16BrN3. The van der Waals surface area contributed by atoms with Crippen LogP contribution < -0.4 is 11.3 Å². The summed E-state index contributed by atoms with van der Waals surface area (Å²) in [5.41, 5.74) is 6.47. The van der Waals surface area contributed by atoms with Crippen molar-refractivity contribution in [1.82, 2.24) is 10.4 Å². The molecule has 0 saturated carbocycles. The van der Waals surface area contributed by atoms with Gasteiger partial charge in [0.2, 0.25) is 0 Å². The summed E-state index contributed by atoms with van der Waals surface area (Å²) in [4.78, 5) is 4.18. The van der Waals surface area contributed by atoms with E-state index >= 15 is 0 Å². The highest BCUT2D eigenvalue weighted by Crippen LogP contribution is 2.30. The zero-order valence-electron chi connectivity index (χ0n) is 11.7. The number of pyridine rings is 1. The number of benzene rings is 2. The lowest BCUT2D eigenvalue weighted by Crippen LogP contribution is -2.29. The largest absolute Gasteiger partial charge is 0.271 e. The van der Waals surface area contributed by atoms with Gasteiger partial charge in [0.25, 0.3) is 0 Å². The topological polar surface area (TPSA) is 50.9 Å². The zero-order valence-corrected chi connectivity index (χ0v) is 13.3. The van der Waals surface area contributed by atoms with Crippen LogP contribution in [0.3, 0.4) is 0 Å². The number of rotatable bonds is 3. The van der Waals surface area contributed by atoms with E-state index in [4.69, 9.17) is 5.84 Å². The third-order valence-electron chi connectivity index (χ3n) is 3.73. The van der Waals surface area contributed by atoms with Gasteiger partial charge in [0.1, 0.15) is 0 Å². The number of nitrogens with one attached hydrogen (secondary N) is 1. The van der Waals surface area contributed by atoms with E-state index in [0.29, 0.717) is 0 Å². The third kappa shape index (κ3) is 2.70. The van der Waals surface area contributed by atoms with Gasteiger partial charge in [0, 0.05) is 22.3 Å². The molecule has 4 heteroatoms. The Morgan fingerprint density at radius 1 is 1.14 bits per heavy atom. The van der Waals surface area contributed by atoms with Crippen LogP contribution in [0.15, 0.2) is 59.3 Å².